The number of methoxy groups -OCH3 is 1. The van der Waals surface area contributed by atoms with Gasteiger partial charge in [-0.3, -0.25) is 0 Å². The van der Waals surface area contributed by atoms with Crippen LogP contribution in [0.1, 0.15) is 28.4 Å². The predicted molar refractivity (Wildman–Crippen MR) is 98.5 cm³/mol. The predicted octanol–water partition coefficient (Wildman–Crippen LogP) is 4.89. The van der Waals surface area contributed by atoms with Gasteiger partial charge in [-0.15, -0.1) is 0 Å². The van der Waals surface area contributed by atoms with Gasteiger partial charge in [0.25, 0.3) is 0 Å². The molecule has 0 unspecified atom stereocenters. The Morgan fingerprint density at radius 2 is 1.80 bits per heavy atom. The number of benzene rings is 1. The Balaban J connectivity index is 1.62. The highest BCUT2D eigenvalue weighted by Gasteiger charge is 2.36. The Labute approximate surface area is 149 Å². The van der Waals surface area contributed by atoms with Crippen LogP contribution in [-0.4, -0.2) is 18.5 Å². The summed E-state index contributed by atoms with van der Waals surface area (Å²) in [5.41, 5.74) is 0.907. The quantitative estimate of drug-likeness (QED) is 0.628. The number of hydrogen-bond acceptors (Lipinski definition) is 6. The van der Waals surface area contributed by atoms with E-state index >= 15 is 0 Å². The number of nitrogens with zero attached hydrogens (tertiary/aromatic N) is 2. The lowest BCUT2D eigenvalue weighted by Crippen LogP contribution is -1.99. The van der Waals surface area contributed by atoms with Gasteiger partial charge in [-0.05, 0) is 36.4 Å². The van der Waals surface area contributed by atoms with Crippen LogP contribution in [0.2, 0.25) is 0 Å². The number of hydrogen-bond donors (Lipinski definition) is 0. The maximum atomic E-state index is 5.59. The third-order valence-electron chi connectivity index (χ3n) is 3.88. The summed E-state index contributed by atoms with van der Waals surface area (Å²) in [6.45, 7) is 0. The molecule has 0 bridgehead atoms. The van der Waals surface area contributed by atoms with Crippen LogP contribution in [0.4, 0.5) is 0 Å². The lowest BCUT2D eigenvalue weighted by atomic mass is 10.1. The zero-order valence-corrected chi connectivity index (χ0v) is 14.3. The molecule has 0 fully saturated rings. The molecule has 3 aromatic rings. The molecule has 2 atom stereocenters. The van der Waals surface area contributed by atoms with E-state index in [4.69, 9.17) is 18.6 Å². The van der Waals surface area contributed by atoms with Gasteiger partial charge in [0.15, 0.2) is 5.17 Å². The third-order valence-corrected chi connectivity index (χ3v) is 5.05. The highest BCUT2D eigenvalue weighted by molar-refractivity contribution is 8.14. The number of para-hydroxylation sites is 1. The minimum atomic E-state index is -0.157. The second kappa shape index (κ2) is 7.03. The van der Waals surface area contributed by atoms with Crippen molar-refractivity contribution in [3.05, 3.63) is 78.1 Å². The number of aliphatic imine (C=N–C) groups is 2. The molecule has 1 aromatic carbocycles. The van der Waals surface area contributed by atoms with Crippen molar-refractivity contribution in [1.29, 1.82) is 0 Å². The van der Waals surface area contributed by atoms with Gasteiger partial charge < -0.3 is 13.6 Å². The first kappa shape index (κ1) is 15.8. The van der Waals surface area contributed by atoms with Crippen molar-refractivity contribution in [2.45, 2.75) is 11.3 Å². The largest absolute Gasteiger partial charge is 0.496 e. The van der Waals surface area contributed by atoms with E-state index in [2.05, 4.69) is 4.99 Å². The van der Waals surface area contributed by atoms with Crippen molar-refractivity contribution in [2.75, 3.05) is 7.11 Å². The van der Waals surface area contributed by atoms with E-state index in [9.17, 15) is 0 Å². The summed E-state index contributed by atoms with van der Waals surface area (Å²) in [4.78, 5) is 9.27. The molecular formula is C19H16N2O3S. The summed E-state index contributed by atoms with van der Waals surface area (Å²) >= 11 is 1.56. The summed E-state index contributed by atoms with van der Waals surface area (Å²) in [6.07, 6.45) is 5.10. The second-order valence-electron chi connectivity index (χ2n) is 5.43. The highest BCUT2D eigenvalue weighted by Crippen LogP contribution is 2.48. The van der Waals surface area contributed by atoms with E-state index in [0.717, 1.165) is 22.8 Å². The Bertz CT molecular complexity index is 885. The van der Waals surface area contributed by atoms with Crippen molar-refractivity contribution in [3.8, 4) is 5.75 Å². The van der Waals surface area contributed by atoms with Crippen LogP contribution in [0.3, 0.4) is 0 Å². The lowest BCUT2D eigenvalue weighted by Gasteiger charge is -2.11. The van der Waals surface area contributed by atoms with E-state index in [1.165, 1.54) is 0 Å². The van der Waals surface area contributed by atoms with Gasteiger partial charge in [0, 0.05) is 11.8 Å². The van der Waals surface area contributed by atoms with Gasteiger partial charge in [-0.1, -0.05) is 23.9 Å². The molecule has 0 saturated heterocycles. The third kappa shape index (κ3) is 3.25. The number of rotatable bonds is 4. The van der Waals surface area contributed by atoms with Crippen LogP contribution in [0.25, 0.3) is 0 Å². The molecule has 4 rings (SSSR count). The first-order chi connectivity index (χ1) is 12.3. The van der Waals surface area contributed by atoms with E-state index < -0.39 is 0 Å². The molecule has 0 spiro atoms. The summed E-state index contributed by atoms with van der Waals surface area (Å²) in [7, 11) is 1.65. The van der Waals surface area contributed by atoms with Crippen molar-refractivity contribution in [2.24, 2.45) is 9.98 Å². The minimum Gasteiger partial charge on any atom is -0.496 e. The highest BCUT2D eigenvalue weighted by atomic mass is 32.2. The smallest absolute Gasteiger partial charge is 0.184 e. The fourth-order valence-corrected chi connectivity index (χ4v) is 3.79. The molecule has 0 radical (unpaired) electrons. The molecule has 6 heteroatoms. The van der Waals surface area contributed by atoms with Crippen molar-refractivity contribution in [3.63, 3.8) is 0 Å². The lowest BCUT2D eigenvalue weighted by molar-refractivity contribution is 0.414. The Morgan fingerprint density at radius 1 is 1.04 bits per heavy atom. The first-order valence-electron chi connectivity index (χ1n) is 7.83. The molecule has 0 saturated carbocycles. The van der Waals surface area contributed by atoms with Crippen LogP contribution < -0.4 is 4.74 Å². The topological polar surface area (TPSA) is 60.2 Å². The second-order valence-corrected chi connectivity index (χ2v) is 6.53. The molecule has 2 aromatic heterocycles. The molecule has 3 heterocycles. The van der Waals surface area contributed by atoms with Gasteiger partial charge in [0.2, 0.25) is 0 Å². The van der Waals surface area contributed by atoms with E-state index in [1.54, 1.807) is 37.6 Å². The van der Waals surface area contributed by atoms with Crippen LogP contribution in [-0.2, 0) is 0 Å². The molecule has 0 aliphatic carbocycles. The summed E-state index contributed by atoms with van der Waals surface area (Å²) in [5.74, 6) is 2.44. The SMILES string of the molecule is COc1ccccc1C=NC1=N[C@H](c2ccco2)[C@@H](c2ccco2)S1. The Kier molecular flexibility index (Phi) is 4.43. The average Bonchev–Trinajstić information content (AvgIpc) is 3.40. The van der Waals surface area contributed by atoms with E-state index in [-0.39, 0.29) is 11.3 Å². The summed E-state index contributed by atoms with van der Waals surface area (Å²) in [5, 5.41) is 0.694. The summed E-state index contributed by atoms with van der Waals surface area (Å²) < 4.78 is 16.5. The zero-order valence-electron chi connectivity index (χ0n) is 13.5. The van der Waals surface area contributed by atoms with Gasteiger partial charge >= 0.3 is 0 Å². The summed E-state index contributed by atoms with van der Waals surface area (Å²) in [6, 6.07) is 15.2. The van der Waals surface area contributed by atoms with Gasteiger partial charge in [0.1, 0.15) is 28.6 Å². The van der Waals surface area contributed by atoms with Crippen molar-refractivity contribution < 1.29 is 13.6 Å². The molecule has 1 aliphatic rings. The van der Waals surface area contributed by atoms with E-state index in [0.29, 0.717) is 5.17 Å². The van der Waals surface area contributed by atoms with Gasteiger partial charge in [-0.25, -0.2) is 9.98 Å². The van der Waals surface area contributed by atoms with Crippen LogP contribution in [0.15, 0.2) is 79.9 Å². The van der Waals surface area contributed by atoms with Crippen LogP contribution in [0.5, 0.6) is 5.75 Å². The minimum absolute atomic E-state index is 0.00553. The van der Waals surface area contributed by atoms with Crippen molar-refractivity contribution in [1.82, 2.24) is 0 Å². The molecule has 126 valence electrons. The van der Waals surface area contributed by atoms with Crippen LogP contribution >= 0.6 is 11.8 Å². The maximum absolute atomic E-state index is 5.59. The molecule has 0 amide bonds. The molecule has 5 nitrogen and oxygen atoms in total. The van der Waals surface area contributed by atoms with Gasteiger partial charge in [-0.2, -0.15) is 0 Å². The molecule has 1 aliphatic heterocycles. The number of amidine groups is 1. The normalized spacial score (nSPS) is 20.1. The molecular weight excluding hydrogens is 336 g/mol. The Hall–Kier alpha value is -2.73. The number of furan rings is 2. The Morgan fingerprint density at radius 3 is 2.52 bits per heavy atom. The van der Waals surface area contributed by atoms with Gasteiger partial charge in [0.05, 0.1) is 19.6 Å². The first-order valence-corrected chi connectivity index (χ1v) is 8.71. The fraction of sp³-hybridized carbons (Fsp3) is 0.158. The molecule has 25 heavy (non-hydrogen) atoms. The van der Waals surface area contributed by atoms with Crippen molar-refractivity contribution >= 4 is 23.1 Å². The standard InChI is InChI=1S/C19H16N2O3S/c1-22-14-7-3-2-6-13(14)12-20-19-21-17(15-8-4-10-23-15)18(25-19)16-9-5-11-24-16/h2-12,17-18H,1H3/t17-,18-/m1/s1. The zero-order chi connectivity index (χ0) is 17.1. The monoisotopic (exact) mass is 352 g/mol. The maximum Gasteiger partial charge on any atom is 0.184 e. The average molecular weight is 352 g/mol. The fourth-order valence-electron chi connectivity index (χ4n) is 2.70. The number of ether oxygens (including phenoxy) is 1. The van der Waals surface area contributed by atoms with E-state index in [1.807, 2.05) is 48.5 Å². The number of thioether (sulfide) groups is 1. The molecule has 0 N–H and O–H groups in total. The van der Waals surface area contributed by atoms with Crippen LogP contribution in [0, 0.1) is 0 Å².